The topological polar surface area (TPSA) is 52.2 Å². The Morgan fingerprint density at radius 3 is 2.88 bits per heavy atom. The van der Waals surface area contributed by atoms with Crippen LogP contribution in [0, 0.1) is 0 Å². The Balaban J connectivity index is 1.68. The van der Waals surface area contributed by atoms with E-state index in [4.69, 9.17) is 4.98 Å². The first-order chi connectivity index (χ1) is 11.6. The molecule has 0 aromatic carbocycles. The van der Waals surface area contributed by atoms with Gasteiger partial charge in [0.1, 0.15) is 5.82 Å². The predicted octanol–water partition coefficient (Wildman–Crippen LogP) is 2.85. The summed E-state index contributed by atoms with van der Waals surface area (Å²) >= 11 is 0. The molecule has 0 spiro atoms. The first-order valence-corrected chi connectivity index (χ1v) is 9.32. The number of H-pyrrole nitrogens is 1. The molecular formula is C19H30N4O. The van der Waals surface area contributed by atoms with Gasteiger partial charge in [-0.25, -0.2) is 4.98 Å². The molecule has 1 amide bonds. The number of hydrogen-bond donors (Lipinski definition) is 1. The summed E-state index contributed by atoms with van der Waals surface area (Å²) in [6, 6.07) is 0.267. The summed E-state index contributed by atoms with van der Waals surface area (Å²) in [7, 11) is 0. The second kappa shape index (κ2) is 7.51. The minimum Gasteiger partial charge on any atom is -0.344 e. The first-order valence-electron chi connectivity index (χ1n) is 9.32. The van der Waals surface area contributed by atoms with Crippen molar-refractivity contribution in [3.05, 3.63) is 29.4 Å². The van der Waals surface area contributed by atoms with Crippen molar-refractivity contribution in [1.82, 2.24) is 19.8 Å². The average Bonchev–Trinajstić information content (AvgIpc) is 3.17. The van der Waals surface area contributed by atoms with Crippen molar-refractivity contribution in [3.8, 4) is 0 Å². The minimum absolute atomic E-state index is 0.198. The maximum atomic E-state index is 12.6. The van der Waals surface area contributed by atoms with E-state index in [1.165, 1.54) is 24.2 Å². The van der Waals surface area contributed by atoms with Gasteiger partial charge >= 0.3 is 0 Å². The number of nitrogens with zero attached hydrogens (tertiary/aromatic N) is 3. The van der Waals surface area contributed by atoms with E-state index in [0.717, 1.165) is 50.2 Å². The van der Waals surface area contributed by atoms with Gasteiger partial charge in [-0.05, 0) is 58.9 Å². The summed E-state index contributed by atoms with van der Waals surface area (Å²) in [4.78, 5) is 25.3. The van der Waals surface area contributed by atoms with Gasteiger partial charge in [0.25, 0.3) is 0 Å². The number of nitrogens with one attached hydrogen (secondary N) is 1. The molecular weight excluding hydrogens is 300 g/mol. The first kappa shape index (κ1) is 17.2. The highest BCUT2D eigenvalue weighted by Crippen LogP contribution is 2.32. The summed E-state index contributed by atoms with van der Waals surface area (Å²) < 4.78 is 0. The van der Waals surface area contributed by atoms with Gasteiger partial charge in [-0.3, -0.25) is 9.69 Å². The highest BCUT2D eigenvalue weighted by Gasteiger charge is 2.31. The van der Waals surface area contributed by atoms with Crippen molar-refractivity contribution in [2.24, 2.45) is 0 Å². The summed E-state index contributed by atoms with van der Waals surface area (Å²) in [5, 5.41) is 0. The van der Waals surface area contributed by atoms with E-state index < -0.39 is 0 Å². The van der Waals surface area contributed by atoms with E-state index in [1.807, 2.05) is 18.7 Å². The predicted molar refractivity (Wildman–Crippen MR) is 95.8 cm³/mol. The molecule has 5 heteroatoms. The Morgan fingerprint density at radius 1 is 1.38 bits per heavy atom. The minimum atomic E-state index is 0.198. The van der Waals surface area contributed by atoms with Gasteiger partial charge in [0, 0.05) is 18.8 Å². The molecule has 1 atom stereocenters. The monoisotopic (exact) mass is 330 g/mol. The fourth-order valence-corrected chi connectivity index (χ4v) is 3.93. The van der Waals surface area contributed by atoms with Gasteiger partial charge < -0.3 is 9.88 Å². The van der Waals surface area contributed by atoms with Gasteiger partial charge in [0.2, 0.25) is 5.91 Å². The second-order valence-corrected chi connectivity index (χ2v) is 7.25. The molecule has 1 unspecified atom stereocenters. The number of likely N-dealkylation sites (tertiary alicyclic amines) is 1. The lowest BCUT2D eigenvalue weighted by Crippen LogP contribution is -2.41. The van der Waals surface area contributed by atoms with Crippen molar-refractivity contribution in [3.63, 3.8) is 0 Å². The Labute approximate surface area is 145 Å². The van der Waals surface area contributed by atoms with Crippen LogP contribution in [0.5, 0.6) is 0 Å². The Bertz CT molecular complexity index is 583. The van der Waals surface area contributed by atoms with Crippen LogP contribution < -0.4 is 0 Å². The highest BCUT2D eigenvalue weighted by atomic mass is 16.2. The fourth-order valence-electron chi connectivity index (χ4n) is 3.93. The van der Waals surface area contributed by atoms with E-state index in [0.29, 0.717) is 13.1 Å². The lowest BCUT2D eigenvalue weighted by molar-refractivity contribution is -0.132. The molecule has 2 aliphatic rings. The lowest BCUT2D eigenvalue weighted by Gasteiger charge is -2.27. The summed E-state index contributed by atoms with van der Waals surface area (Å²) in [6.45, 7) is 10.8. The van der Waals surface area contributed by atoms with Crippen LogP contribution in [0.25, 0.3) is 0 Å². The third kappa shape index (κ3) is 3.72. The molecule has 0 bridgehead atoms. The van der Waals surface area contributed by atoms with E-state index in [-0.39, 0.29) is 11.9 Å². The number of aryl methyl sites for hydroxylation is 2. The molecule has 2 heterocycles. The third-order valence-corrected chi connectivity index (χ3v) is 5.19. The molecule has 1 aliphatic carbocycles. The van der Waals surface area contributed by atoms with Gasteiger partial charge in [0.05, 0.1) is 18.3 Å². The zero-order valence-corrected chi connectivity index (χ0v) is 15.1. The number of aromatic nitrogens is 2. The van der Waals surface area contributed by atoms with E-state index in [9.17, 15) is 4.79 Å². The molecule has 1 fully saturated rings. The number of aromatic amines is 1. The quantitative estimate of drug-likeness (QED) is 0.816. The number of rotatable bonds is 6. The van der Waals surface area contributed by atoms with E-state index in [1.54, 1.807) is 0 Å². The molecule has 3 rings (SSSR count). The standard InChI is InChI=1S/C19H30N4O/c1-4-22(12-14(2)3)18(24)13-23-11-7-10-17(23)19-20-15-8-5-6-9-16(15)21-19/h17H,2,4-13H2,1,3H3,(H,20,21). The van der Waals surface area contributed by atoms with Crippen LogP contribution in [0.15, 0.2) is 12.2 Å². The SMILES string of the molecule is C=C(C)CN(CC)C(=O)CN1CCCC1c1nc2c([nH]1)CCCC2. The highest BCUT2D eigenvalue weighted by molar-refractivity contribution is 5.78. The summed E-state index contributed by atoms with van der Waals surface area (Å²) in [5.41, 5.74) is 3.61. The molecule has 1 saturated heterocycles. The van der Waals surface area contributed by atoms with Gasteiger partial charge in [-0.2, -0.15) is 0 Å². The van der Waals surface area contributed by atoms with Gasteiger partial charge in [-0.1, -0.05) is 12.2 Å². The number of fused-ring (bicyclic) bond motifs is 1. The number of hydrogen-bond acceptors (Lipinski definition) is 3. The van der Waals surface area contributed by atoms with Crippen molar-refractivity contribution >= 4 is 5.91 Å². The molecule has 1 aliphatic heterocycles. The molecule has 5 nitrogen and oxygen atoms in total. The van der Waals surface area contributed by atoms with E-state index >= 15 is 0 Å². The number of carbonyl (C=O) groups excluding carboxylic acids is 1. The Morgan fingerprint density at radius 2 is 2.17 bits per heavy atom. The maximum Gasteiger partial charge on any atom is 0.237 e. The zero-order chi connectivity index (χ0) is 17.1. The smallest absolute Gasteiger partial charge is 0.237 e. The fraction of sp³-hybridized carbons (Fsp3) is 0.684. The van der Waals surface area contributed by atoms with Crippen molar-refractivity contribution in [1.29, 1.82) is 0 Å². The van der Waals surface area contributed by atoms with Crippen LogP contribution in [0.2, 0.25) is 0 Å². The zero-order valence-electron chi connectivity index (χ0n) is 15.1. The van der Waals surface area contributed by atoms with Crippen molar-refractivity contribution in [2.75, 3.05) is 26.2 Å². The second-order valence-electron chi connectivity index (χ2n) is 7.25. The molecule has 1 aromatic heterocycles. The third-order valence-electron chi connectivity index (χ3n) is 5.19. The van der Waals surface area contributed by atoms with Crippen LogP contribution in [0.3, 0.4) is 0 Å². The molecule has 1 N–H and O–H groups in total. The number of imidazole rings is 1. The molecule has 0 saturated carbocycles. The van der Waals surface area contributed by atoms with E-state index in [2.05, 4.69) is 16.5 Å². The number of likely N-dealkylation sites (N-methyl/N-ethyl adjacent to an activating group) is 1. The molecule has 0 radical (unpaired) electrons. The van der Waals surface area contributed by atoms with Gasteiger partial charge in [-0.15, -0.1) is 0 Å². The Hall–Kier alpha value is -1.62. The Kier molecular flexibility index (Phi) is 5.39. The number of amides is 1. The van der Waals surface area contributed by atoms with Crippen LogP contribution in [0.1, 0.15) is 62.8 Å². The lowest BCUT2D eigenvalue weighted by atomic mass is 10.0. The van der Waals surface area contributed by atoms with Crippen molar-refractivity contribution < 1.29 is 4.79 Å². The number of carbonyl (C=O) groups is 1. The van der Waals surface area contributed by atoms with Crippen LogP contribution >= 0.6 is 0 Å². The summed E-state index contributed by atoms with van der Waals surface area (Å²) in [6.07, 6.45) is 6.95. The average molecular weight is 330 g/mol. The van der Waals surface area contributed by atoms with Gasteiger partial charge in [0.15, 0.2) is 0 Å². The van der Waals surface area contributed by atoms with Crippen LogP contribution in [-0.4, -0.2) is 51.9 Å². The molecule has 1 aromatic rings. The van der Waals surface area contributed by atoms with Crippen LogP contribution in [0.4, 0.5) is 0 Å². The molecule has 132 valence electrons. The van der Waals surface area contributed by atoms with Crippen molar-refractivity contribution in [2.45, 2.75) is 58.4 Å². The summed E-state index contributed by atoms with van der Waals surface area (Å²) in [5.74, 6) is 1.28. The molecule has 24 heavy (non-hydrogen) atoms. The van der Waals surface area contributed by atoms with Crippen LogP contribution in [-0.2, 0) is 17.6 Å². The normalized spacial score (nSPS) is 20.8. The maximum absolute atomic E-state index is 12.6. The largest absolute Gasteiger partial charge is 0.344 e.